The monoisotopic (exact) mass is 295 g/mol. The van der Waals surface area contributed by atoms with E-state index >= 15 is 0 Å². The van der Waals surface area contributed by atoms with Crippen LogP contribution in [0, 0.1) is 17.3 Å². The number of nitrogens with zero attached hydrogens (tertiary/aromatic N) is 1. The van der Waals surface area contributed by atoms with Crippen molar-refractivity contribution in [2.24, 2.45) is 17.3 Å². The minimum absolute atomic E-state index is 0.0219. The molecule has 0 radical (unpaired) electrons. The third-order valence-corrected chi connectivity index (χ3v) is 5.88. The SMILES string of the molecule is CCOC1CC(N(C)C(=O)C2CC2C(=O)O)C12CCCC2. The second kappa shape index (κ2) is 5.27. The zero-order chi connectivity index (χ0) is 15.2. The second-order valence-electron chi connectivity index (χ2n) is 6.87. The lowest BCUT2D eigenvalue weighted by Crippen LogP contribution is -2.64. The van der Waals surface area contributed by atoms with E-state index in [9.17, 15) is 9.59 Å². The molecule has 0 saturated heterocycles. The van der Waals surface area contributed by atoms with Crippen LogP contribution < -0.4 is 0 Å². The number of carbonyl (C=O) groups is 2. The largest absolute Gasteiger partial charge is 0.481 e. The number of hydrogen-bond acceptors (Lipinski definition) is 3. The Hall–Kier alpha value is -1.10. The van der Waals surface area contributed by atoms with Crippen LogP contribution in [0.3, 0.4) is 0 Å². The molecule has 4 atom stereocenters. The molecule has 3 aliphatic carbocycles. The quantitative estimate of drug-likeness (QED) is 0.841. The third kappa shape index (κ3) is 2.26. The first-order valence-electron chi connectivity index (χ1n) is 8.12. The summed E-state index contributed by atoms with van der Waals surface area (Å²) in [7, 11) is 1.85. The molecule has 0 aliphatic heterocycles. The van der Waals surface area contributed by atoms with Crippen molar-refractivity contribution in [3.63, 3.8) is 0 Å². The van der Waals surface area contributed by atoms with E-state index in [-0.39, 0.29) is 29.4 Å². The number of ether oxygens (including phenoxy) is 1. The molecule has 5 heteroatoms. The molecule has 3 rings (SSSR count). The van der Waals surface area contributed by atoms with Gasteiger partial charge in [0, 0.05) is 25.1 Å². The molecule has 118 valence electrons. The van der Waals surface area contributed by atoms with Crippen molar-refractivity contribution in [1.29, 1.82) is 0 Å². The Kier molecular flexibility index (Phi) is 3.72. The molecule has 0 bridgehead atoms. The number of rotatable bonds is 5. The Morgan fingerprint density at radius 1 is 1.24 bits per heavy atom. The van der Waals surface area contributed by atoms with Crippen LogP contribution in [-0.2, 0) is 14.3 Å². The van der Waals surface area contributed by atoms with Gasteiger partial charge in [-0.3, -0.25) is 9.59 Å². The van der Waals surface area contributed by atoms with E-state index in [1.165, 1.54) is 12.8 Å². The molecule has 3 fully saturated rings. The average molecular weight is 295 g/mol. The molecule has 4 unspecified atom stereocenters. The molecule has 5 nitrogen and oxygen atoms in total. The summed E-state index contributed by atoms with van der Waals surface area (Å²) in [5, 5.41) is 8.99. The van der Waals surface area contributed by atoms with Gasteiger partial charge in [0.25, 0.3) is 0 Å². The highest BCUT2D eigenvalue weighted by Crippen LogP contribution is 2.57. The maximum atomic E-state index is 12.5. The Balaban J connectivity index is 1.66. The summed E-state index contributed by atoms with van der Waals surface area (Å²) in [4.78, 5) is 25.3. The predicted octanol–water partition coefficient (Wildman–Crippen LogP) is 1.90. The Labute approximate surface area is 125 Å². The molecule has 0 heterocycles. The Morgan fingerprint density at radius 2 is 1.90 bits per heavy atom. The van der Waals surface area contributed by atoms with Gasteiger partial charge in [-0.05, 0) is 32.6 Å². The molecular formula is C16H25NO4. The Bertz CT molecular complexity index is 444. The zero-order valence-electron chi connectivity index (χ0n) is 12.9. The molecule has 3 saturated carbocycles. The van der Waals surface area contributed by atoms with Gasteiger partial charge in [-0.1, -0.05) is 12.8 Å². The summed E-state index contributed by atoms with van der Waals surface area (Å²) in [6.07, 6.45) is 6.37. The normalized spacial score (nSPS) is 36.3. The summed E-state index contributed by atoms with van der Waals surface area (Å²) in [6, 6.07) is 0.235. The van der Waals surface area contributed by atoms with Gasteiger partial charge in [0.15, 0.2) is 0 Å². The Morgan fingerprint density at radius 3 is 2.43 bits per heavy atom. The maximum Gasteiger partial charge on any atom is 0.307 e. The summed E-state index contributed by atoms with van der Waals surface area (Å²) in [5.41, 5.74) is 0.133. The van der Waals surface area contributed by atoms with Gasteiger partial charge in [0.2, 0.25) is 5.91 Å². The van der Waals surface area contributed by atoms with Gasteiger partial charge < -0.3 is 14.7 Å². The lowest BCUT2D eigenvalue weighted by atomic mass is 9.60. The van der Waals surface area contributed by atoms with Crippen LogP contribution in [0.2, 0.25) is 0 Å². The van der Waals surface area contributed by atoms with Gasteiger partial charge in [-0.25, -0.2) is 0 Å². The van der Waals surface area contributed by atoms with Gasteiger partial charge >= 0.3 is 5.97 Å². The van der Waals surface area contributed by atoms with Crippen molar-refractivity contribution in [2.75, 3.05) is 13.7 Å². The van der Waals surface area contributed by atoms with Crippen LogP contribution in [0.5, 0.6) is 0 Å². The van der Waals surface area contributed by atoms with E-state index in [0.717, 1.165) is 25.9 Å². The fourth-order valence-corrected chi connectivity index (χ4v) is 4.55. The van der Waals surface area contributed by atoms with E-state index in [1.807, 2.05) is 18.9 Å². The minimum atomic E-state index is -0.835. The number of hydrogen-bond donors (Lipinski definition) is 1. The van der Waals surface area contributed by atoms with Crippen LogP contribution in [0.4, 0.5) is 0 Å². The van der Waals surface area contributed by atoms with E-state index in [1.54, 1.807) is 0 Å². The third-order valence-electron chi connectivity index (χ3n) is 5.88. The number of carboxylic acids is 1. The van der Waals surface area contributed by atoms with Crippen LogP contribution >= 0.6 is 0 Å². The van der Waals surface area contributed by atoms with Gasteiger partial charge in [-0.15, -0.1) is 0 Å². The minimum Gasteiger partial charge on any atom is -0.481 e. The average Bonchev–Trinajstić information content (AvgIpc) is 3.09. The maximum absolute atomic E-state index is 12.5. The smallest absolute Gasteiger partial charge is 0.307 e. The van der Waals surface area contributed by atoms with E-state index in [2.05, 4.69) is 0 Å². The number of aliphatic carboxylic acids is 1. The first kappa shape index (κ1) is 14.8. The molecule has 0 aromatic heterocycles. The lowest BCUT2D eigenvalue weighted by Gasteiger charge is -2.57. The zero-order valence-corrected chi connectivity index (χ0v) is 12.9. The summed E-state index contributed by atoms with van der Waals surface area (Å²) in [6.45, 7) is 2.74. The molecule has 1 amide bonds. The molecule has 1 N–H and O–H groups in total. The van der Waals surface area contributed by atoms with Crippen LogP contribution in [0.25, 0.3) is 0 Å². The first-order chi connectivity index (χ1) is 10.0. The first-order valence-corrected chi connectivity index (χ1v) is 8.12. The standard InChI is InChI=1S/C16H25NO4/c1-3-21-13-9-12(16(13)6-4-5-7-16)17(2)14(18)10-8-11(10)15(19)20/h10-13H,3-9H2,1-2H3,(H,19,20). The van der Waals surface area contributed by atoms with Crippen molar-refractivity contribution in [3.05, 3.63) is 0 Å². The van der Waals surface area contributed by atoms with Crippen molar-refractivity contribution in [2.45, 2.75) is 57.6 Å². The van der Waals surface area contributed by atoms with Crippen molar-refractivity contribution in [3.8, 4) is 0 Å². The van der Waals surface area contributed by atoms with Crippen LogP contribution in [-0.4, -0.2) is 47.7 Å². The predicted molar refractivity (Wildman–Crippen MR) is 76.7 cm³/mol. The summed E-state index contributed by atoms with van der Waals surface area (Å²) in [5.74, 6) is -1.56. The van der Waals surface area contributed by atoms with Gasteiger partial charge in [0.1, 0.15) is 0 Å². The number of carboxylic acid groups (broad SMARTS) is 1. The number of amides is 1. The van der Waals surface area contributed by atoms with E-state index in [0.29, 0.717) is 6.42 Å². The summed E-state index contributed by atoms with van der Waals surface area (Å²) >= 11 is 0. The van der Waals surface area contributed by atoms with Crippen molar-refractivity contribution < 1.29 is 19.4 Å². The molecule has 0 aromatic rings. The fraction of sp³-hybridized carbons (Fsp3) is 0.875. The van der Waals surface area contributed by atoms with Gasteiger partial charge in [0.05, 0.1) is 17.9 Å². The molecule has 21 heavy (non-hydrogen) atoms. The fourth-order valence-electron chi connectivity index (χ4n) is 4.55. The van der Waals surface area contributed by atoms with E-state index < -0.39 is 11.9 Å². The molecule has 3 aliphatic rings. The topological polar surface area (TPSA) is 66.8 Å². The molecule has 1 spiro atoms. The van der Waals surface area contributed by atoms with E-state index in [4.69, 9.17) is 9.84 Å². The molecular weight excluding hydrogens is 270 g/mol. The van der Waals surface area contributed by atoms with Gasteiger partial charge in [-0.2, -0.15) is 0 Å². The van der Waals surface area contributed by atoms with Crippen molar-refractivity contribution in [1.82, 2.24) is 4.90 Å². The number of carbonyl (C=O) groups excluding carboxylic acids is 1. The second-order valence-corrected chi connectivity index (χ2v) is 6.87. The molecule has 0 aromatic carbocycles. The highest BCUT2D eigenvalue weighted by atomic mass is 16.5. The van der Waals surface area contributed by atoms with Crippen LogP contribution in [0.15, 0.2) is 0 Å². The summed E-state index contributed by atoms with van der Waals surface area (Å²) < 4.78 is 5.88. The highest BCUT2D eigenvalue weighted by molar-refractivity contribution is 5.89. The lowest BCUT2D eigenvalue weighted by molar-refractivity contribution is -0.173. The highest BCUT2D eigenvalue weighted by Gasteiger charge is 2.60. The van der Waals surface area contributed by atoms with Crippen molar-refractivity contribution >= 4 is 11.9 Å². The van der Waals surface area contributed by atoms with Crippen LogP contribution in [0.1, 0.15) is 45.4 Å².